The predicted molar refractivity (Wildman–Crippen MR) is 83.6 cm³/mol. The Morgan fingerprint density at radius 2 is 1.40 bits per heavy atom. The first-order chi connectivity index (χ1) is 9.49. The number of hydrogen-bond acceptors (Lipinski definition) is 5. The third kappa shape index (κ3) is 2.93. The summed E-state index contributed by atoms with van der Waals surface area (Å²) in [4.78, 5) is -0.00992. The van der Waals surface area contributed by atoms with Gasteiger partial charge in [0.15, 0.2) is 16.7 Å². The molecule has 0 fully saturated rings. The summed E-state index contributed by atoms with van der Waals surface area (Å²) >= 11 is 5.03. The molecule has 0 saturated carbocycles. The number of rotatable bonds is 4. The lowest BCUT2D eigenvalue weighted by molar-refractivity contribution is 0.599. The lowest BCUT2D eigenvalue weighted by Gasteiger charge is -2.12. The van der Waals surface area contributed by atoms with E-state index in [1.807, 2.05) is 0 Å². The van der Waals surface area contributed by atoms with Gasteiger partial charge in [-0.2, -0.15) is 0 Å². The van der Waals surface area contributed by atoms with Gasteiger partial charge in [-0.1, -0.05) is 36.4 Å². The maximum Gasteiger partial charge on any atom is 0.270 e. The fourth-order valence-electron chi connectivity index (χ4n) is 1.39. The Bertz CT molecular complexity index is 832. The van der Waals surface area contributed by atoms with Gasteiger partial charge in [-0.15, -0.1) is 0 Å². The average Bonchev–Trinajstić information content (AvgIpc) is 2.49. The smallest absolute Gasteiger partial charge is 0.270 e. The Hall–Kier alpha value is -1.22. The quantitative estimate of drug-likeness (QED) is 0.794. The van der Waals surface area contributed by atoms with Crippen LogP contribution in [0.15, 0.2) is 65.6 Å². The Morgan fingerprint density at radius 1 is 0.900 bits per heavy atom. The van der Waals surface area contributed by atoms with Crippen LogP contribution in [0.1, 0.15) is 0 Å². The molecule has 1 unspecified atom stereocenters. The normalized spacial score (nSPS) is 14.2. The topological polar surface area (TPSA) is 60.4 Å². The zero-order valence-electron chi connectivity index (χ0n) is 10.0. The first-order valence-corrected chi connectivity index (χ1v) is 11.1. The van der Waals surface area contributed by atoms with E-state index in [1.54, 1.807) is 48.5 Å². The number of benzene rings is 2. The molecule has 0 aliphatic rings. The zero-order chi connectivity index (χ0) is 14.6. The Balaban J connectivity index is 2.53. The fourth-order valence-corrected chi connectivity index (χ4v) is 7.05. The molecule has 0 aliphatic heterocycles. The molecule has 2 aromatic rings. The minimum absolute atomic E-state index is 0.00992. The second-order valence-corrected chi connectivity index (χ2v) is 14.0. The van der Waals surface area contributed by atoms with Gasteiger partial charge in [0.2, 0.25) is 0 Å². The molecule has 20 heavy (non-hydrogen) atoms. The van der Waals surface area contributed by atoms with E-state index in [0.29, 0.717) is 0 Å². The van der Waals surface area contributed by atoms with Gasteiger partial charge in [-0.3, -0.25) is 0 Å². The molecule has 2 aromatic carbocycles. The standard InChI is InChI=1S/C12H10O4S4/c13-18-20(17,16-11-7-3-1-4-8-11)19(14,15)12-9-5-2-6-10-12/h1-10H. The van der Waals surface area contributed by atoms with E-state index in [1.165, 1.54) is 12.1 Å². The van der Waals surface area contributed by atoms with E-state index >= 15 is 0 Å². The molecular weight excluding hydrogens is 336 g/mol. The van der Waals surface area contributed by atoms with Gasteiger partial charge in [0.25, 0.3) is 8.87 Å². The third-order valence-electron chi connectivity index (χ3n) is 2.33. The van der Waals surface area contributed by atoms with Gasteiger partial charge < -0.3 is 4.18 Å². The van der Waals surface area contributed by atoms with Gasteiger partial charge in [-0.25, -0.2) is 12.6 Å². The predicted octanol–water partition coefficient (Wildman–Crippen LogP) is 2.11. The summed E-state index contributed by atoms with van der Waals surface area (Å²) in [6.45, 7) is -3.34. The van der Waals surface area contributed by atoms with Gasteiger partial charge in [0.1, 0.15) is 5.75 Å². The molecule has 0 amide bonds. The van der Waals surface area contributed by atoms with E-state index < -0.39 is 15.3 Å². The van der Waals surface area contributed by atoms with E-state index in [4.69, 9.17) is 15.4 Å². The van der Waals surface area contributed by atoms with E-state index in [2.05, 4.69) is 0 Å². The van der Waals surface area contributed by atoms with Gasteiger partial charge in [0, 0.05) is 11.2 Å². The highest BCUT2D eigenvalue weighted by molar-refractivity contribution is 8.93. The molecule has 0 saturated heterocycles. The molecule has 4 nitrogen and oxygen atoms in total. The molecular formula is C12H10O4S4. The molecule has 0 radical (unpaired) electrons. The lowest BCUT2D eigenvalue weighted by Crippen LogP contribution is -2.19. The van der Waals surface area contributed by atoms with E-state index in [9.17, 15) is 12.6 Å². The van der Waals surface area contributed by atoms with Crippen LogP contribution < -0.4 is 4.18 Å². The molecule has 0 spiro atoms. The van der Waals surface area contributed by atoms with Crippen molar-refractivity contribution in [1.82, 2.24) is 0 Å². The summed E-state index contributed by atoms with van der Waals surface area (Å²) in [7, 11) is -4.22. The van der Waals surface area contributed by atoms with Crippen molar-refractivity contribution >= 4 is 36.7 Å². The van der Waals surface area contributed by atoms with Gasteiger partial charge in [0.05, 0.1) is 4.90 Å². The van der Waals surface area contributed by atoms with Crippen molar-refractivity contribution in [1.29, 1.82) is 0 Å². The molecule has 0 heterocycles. The Labute approximate surface area is 124 Å². The van der Waals surface area contributed by atoms with Crippen LogP contribution in [-0.2, 0) is 36.7 Å². The summed E-state index contributed by atoms with van der Waals surface area (Å²) in [5, 5.41) is 0. The molecule has 0 aliphatic carbocycles. The molecule has 0 N–H and O–H groups in total. The van der Waals surface area contributed by atoms with Crippen molar-refractivity contribution in [3.05, 3.63) is 60.7 Å². The van der Waals surface area contributed by atoms with Crippen LogP contribution in [0, 0.1) is 0 Å². The largest absolute Gasteiger partial charge is 0.407 e. The minimum atomic E-state index is -4.02. The summed E-state index contributed by atoms with van der Waals surface area (Å²) in [5.74, 6) is 0.264. The van der Waals surface area contributed by atoms with E-state index in [-0.39, 0.29) is 20.9 Å². The maximum absolute atomic E-state index is 12.5. The second kappa shape index (κ2) is 6.04. The van der Waals surface area contributed by atoms with Crippen molar-refractivity contribution < 1.29 is 16.8 Å². The summed E-state index contributed by atoms with van der Waals surface area (Å²) in [6.07, 6.45) is 0. The molecule has 8 heteroatoms. The minimum Gasteiger partial charge on any atom is -0.407 e. The summed E-state index contributed by atoms with van der Waals surface area (Å²) in [6, 6.07) is 15.8. The van der Waals surface area contributed by atoms with Crippen LogP contribution in [0.5, 0.6) is 5.75 Å². The zero-order valence-corrected chi connectivity index (χ0v) is 13.3. The first-order valence-electron chi connectivity index (χ1n) is 5.40. The highest BCUT2D eigenvalue weighted by Crippen LogP contribution is 2.22. The van der Waals surface area contributed by atoms with Crippen molar-refractivity contribution in [2.24, 2.45) is 0 Å². The maximum atomic E-state index is 12.5. The molecule has 0 bridgehead atoms. The monoisotopic (exact) mass is 346 g/mol. The molecule has 0 aromatic heterocycles. The first kappa shape index (κ1) is 15.2. The second-order valence-electron chi connectivity index (χ2n) is 3.64. The molecule has 1 atom stereocenters. The van der Waals surface area contributed by atoms with Gasteiger partial charge in [-0.05, 0) is 24.3 Å². The Kier molecular flexibility index (Phi) is 4.59. The van der Waals surface area contributed by atoms with Gasteiger partial charge >= 0.3 is 0 Å². The van der Waals surface area contributed by atoms with Crippen molar-refractivity contribution in [3.8, 4) is 5.75 Å². The van der Waals surface area contributed by atoms with Crippen molar-refractivity contribution in [3.63, 3.8) is 0 Å². The number of hydrogen-bond donors (Lipinski definition) is 0. The van der Waals surface area contributed by atoms with Crippen LogP contribution in [0.3, 0.4) is 0 Å². The van der Waals surface area contributed by atoms with Crippen molar-refractivity contribution in [2.45, 2.75) is 4.90 Å². The fraction of sp³-hybridized carbons (Fsp3) is 0. The molecule has 106 valence electrons. The SMILES string of the molecule is O=S=S(=S)(Oc1ccccc1)S(=O)(=O)c1ccccc1. The number of para-hydroxylation sites is 1. The van der Waals surface area contributed by atoms with Crippen LogP contribution in [-0.4, -0.2) is 12.6 Å². The summed E-state index contributed by atoms with van der Waals surface area (Å²) in [5.41, 5.74) is 0. The van der Waals surface area contributed by atoms with Crippen LogP contribution in [0.25, 0.3) is 0 Å². The molecule has 2 rings (SSSR count). The summed E-state index contributed by atoms with van der Waals surface area (Å²) < 4.78 is 41.6. The highest BCUT2D eigenvalue weighted by atomic mass is 33.5. The highest BCUT2D eigenvalue weighted by Gasteiger charge is 2.28. The van der Waals surface area contributed by atoms with Crippen LogP contribution in [0.4, 0.5) is 0 Å². The lowest BCUT2D eigenvalue weighted by atomic mass is 10.3. The third-order valence-corrected chi connectivity index (χ3v) is 11.8. The van der Waals surface area contributed by atoms with Crippen molar-refractivity contribution in [2.75, 3.05) is 0 Å². The van der Waals surface area contributed by atoms with Crippen LogP contribution >= 0.6 is 0 Å². The van der Waals surface area contributed by atoms with E-state index in [0.717, 1.165) is 0 Å². The Morgan fingerprint density at radius 3 is 1.90 bits per heavy atom. The van der Waals surface area contributed by atoms with Crippen LogP contribution in [0.2, 0.25) is 0 Å². The average molecular weight is 346 g/mol.